The molecule has 2 N–H and O–H groups in total. The molecule has 10 aromatic carbocycles. The molecule has 1 aromatic heterocycles. The van der Waals surface area contributed by atoms with Gasteiger partial charge in [-0.05, 0) is 118 Å². The fourth-order valence-electron chi connectivity index (χ4n) is 13.0. The Kier molecular flexibility index (Phi) is 9.39. The summed E-state index contributed by atoms with van der Waals surface area (Å²) >= 11 is 0. The van der Waals surface area contributed by atoms with Gasteiger partial charge in [-0.2, -0.15) is 0 Å². The minimum absolute atomic E-state index is 0.0169. The number of para-hydroxylation sites is 4. The maximum absolute atomic E-state index is 7.56. The summed E-state index contributed by atoms with van der Waals surface area (Å²) in [6.07, 6.45) is 1.83. The van der Waals surface area contributed by atoms with Crippen LogP contribution in [0.1, 0.15) is 92.4 Å². The fraction of sp³-hybridized carbons (Fsp3) is 0.0896. The molecule has 346 valence electrons. The van der Waals surface area contributed by atoms with Gasteiger partial charge in [0.2, 0.25) is 0 Å². The standard InChI is InChI=1S/C67H48N6/c68-56-39-54-55(40-58(56)69-57-38-37-47-45-29-13-15-31-48(45)59(57)49-32-16-14-30-46(47)49)67(73(43-25-9-3-10-26-43)44-27-11-4-12-28-44)65-64(66(54)72(41-21-5-1-6-22-41)42-23-7-2-8-24-42)70-62-60-50-33-17-19-35-52(50)61(63(62)71-65)53-36-20-18-34-51(53)60/h1-36,39-40,47,59-61H,37-38,68H2/b69-57+. The molecule has 0 radical (unpaired) electrons. The maximum atomic E-state index is 7.56. The summed E-state index contributed by atoms with van der Waals surface area (Å²) in [6, 6.07) is 82.9. The number of rotatable bonds is 7. The number of anilines is 7. The number of aliphatic imine (C=N–C) groups is 1. The number of hydrogen-bond acceptors (Lipinski definition) is 6. The first-order valence-corrected chi connectivity index (χ1v) is 25.5. The predicted molar refractivity (Wildman–Crippen MR) is 298 cm³/mol. The monoisotopic (exact) mass is 936 g/mol. The Hall–Kier alpha value is -9.13. The average molecular weight is 937 g/mol. The molecule has 0 spiro atoms. The second-order valence-electron chi connectivity index (χ2n) is 19.9. The Labute approximate surface area is 424 Å². The average Bonchev–Trinajstić information content (AvgIpc) is 3.72. The highest BCUT2D eigenvalue weighted by molar-refractivity contribution is 6.23. The Morgan fingerprint density at radius 3 is 1.10 bits per heavy atom. The van der Waals surface area contributed by atoms with E-state index in [0.717, 1.165) is 91.6 Å². The minimum atomic E-state index is -0.0952. The van der Waals surface area contributed by atoms with E-state index in [2.05, 4.69) is 240 Å². The molecule has 6 aliphatic carbocycles. The van der Waals surface area contributed by atoms with Gasteiger partial charge in [-0.1, -0.05) is 170 Å². The van der Waals surface area contributed by atoms with Crippen LogP contribution in [0, 0.1) is 0 Å². The Balaban J connectivity index is 1.10. The van der Waals surface area contributed by atoms with Gasteiger partial charge in [0.05, 0.1) is 46.0 Å². The van der Waals surface area contributed by atoms with Crippen LogP contribution in [0.3, 0.4) is 0 Å². The number of aromatic nitrogens is 2. The molecule has 0 saturated carbocycles. The smallest absolute Gasteiger partial charge is 0.116 e. The third kappa shape index (κ3) is 6.33. The van der Waals surface area contributed by atoms with Gasteiger partial charge >= 0.3 is 0 Å². The summed E-state index contributed by atoms with van der Waals surface area (Å²) in [5.41, 5.74) is 30.1. The molecule has 0 fully saturated rings. The predicted octanol–water partition coefficient (Wildman–Crippen LogP) is 16.4. The lowest BCUT2D eigenvalue weighted by Gasteiger charge is -2.41. The van der Waals surface area contributed by atoms with Crippen molar-refractivity contribution >= 4 is 73.0 Å². The van der Waals surface area contributed by atoms with Crippen LogP contribution in [0.15, 0.2) is 236 Å². The topological polar surface area (TPSA) is 70.6 Å². The molecule has 6 nitrogen and oxygen atoms in total. The number of hydrogen-bond donors (Lipinski definition) is 1. The highest BCUT2D eigenvalue weighted by Gasteiger charge is 2.45. The Morgan fingerprint density at radius 1 is 0.384 bits per heavy atom. The van der Waals surface area contributed by atoms with Crippen molar-refractivity contribution in [1.29, 1.82) is 0 Å². The van der Waals surface area contributed by atoms with Crippen LogP contribution in [0.4, 0.5) is 45.5 Å². The third-order valence-corrected chi connectivity index (χ3v) is 16.0. The van der Waals surface area contributed by atoms with Crippen molar-refractivity contribution in [2.75, 3.05) is 15.5 Å². The van der Waals surface area contributed by atoms with Crippen molar-refractivity contribution in [3.8, 4) is 0 Å². The zero-order valence-electron chi connectivity index (χ0n) is 40.0. The lowest BCUT2D eigenvalue weighted by Crippen LogP contribution is -2.30. The molecular weight excluding hydrogens is 889 g/mol. The molecule has 0 aliphatic heterocycles. The van der Waals surface area contributed by atoms with Crippen LogP contribution in [0.2, 0.25) is 0 Å². The van der Waals surface area contributed by atoms with Crippen LogP contribution in [-0.4, -0.2) is 15.7 Å². The van der Waals surface area contributed by atoms with E-state index in [4.69, 9.17) is 20.7 Å². The molecule has 17 rings (SSSR count). The summed E-state index contributed by atoms with van der Waals surface area (Å²) in [4.78, 5) is 22.7. The molecule has 1 heterocycles. The molecule has 73 heavy (non-hydrogen) atoms. The maximum Gasteiger partial charge on any atom is 0.116 e. The van der Waals surface area contributed by atoms with Crippen molar-refractivity contribution in [3.63, 3.8) is 0 Å². The molecule has 6 heteroatoms. The molecule has 4 bridgehead atoms. The number of benzene rings is 10. The van der Waals surface area contributed by atoms with E-state index in [1.807, 2.05) is 0 Å². The van der Waals surface area contributed by atoms with E-state index in [9.17, 15) is 0 Å². The normalized spacial score (nSPS) is 18.1. The van der Waals surface area contributed by atoms with E-state index < -0.39 is 0 Å². The largest absolute Gasteiger partial charge is 0.397 e. The molecule has 11 aromatic rings. The quantitative estimate of drug-likeness (QED) is 0.0979. The van der Waals surface area contributed by atoms with Crippen molar-refractivity contribution in [1.82, 2.24) is 9.97 Å². The van der Waals surface area contributed by atoms with Crippen LogP contribution in [0.25, 0.3) is 21.8 Å². The van der Waals surface area contributed by atoms with Crippen molar-refractivity contribution in [2.45, 2.75) is 36.5 Å². The highest BCUT2D eigenvalue weighted by atomic mass is 15.2. The minimum Gasteiger partial charge on any atom is -0.397 e. The van der Waals surface area contributed by atoms with Gasteiger partial charge in [0, 0.05) is 51.1 Å². The van der Waals surface area contributed by atoms with E-state index in [0.29, 0.717) is 11.6 Å². The van der Waals surface area contributed by atoms with E-state index in [1.165, 1.54) is 44.5 Å². The second kappa shape index (κ2) is 16.5. The number of nitrogens with two attached hydrogens (primary N) is 1. The summed E-state index contributed by atoms with van der Waals surface area (Å²) in [6.45, 7) is 0. The highest BCUT2D eigenvalue weighted by Crippen LogP contribution is 2.58. The lowest BCUT2D eigenvalue weighted by atomic mass is 9.64. The summed E-state index contributed by atoms with van der Waals surface area (Å²) in [5, 5.41) is 1.91. The van der Waals surface area contributed by atoms with Crippen LogP contribution < -0.4 is 15.5 Å². The zero-order valence-corrected chi connectivity index (χ0v) is 40.0. The second-order valence-corrected chi connectivity index (χ2v) is 19.9. The van der Waals surface area contributed by atoms with Gasteiger partial charge in [0.1, 0.15) is 11.0 Å². The van der Waals surface area contributed by atoms with Crippen LogP contribution in [0.5, 0.6) is 0 Å². The van der Waals surface area contributed by atoms with Crippen molar-refractivity contribution in [3.05, 3.63) is 286 Å². The summed E-state index contributed by atoms with van der Waals surface area (Å²) in [7, 11) is 0. The Bertz CT molecular complexity index is 3850. The number of nitrogen functional groups attached to an aromatic ring is 1. The molecule has 0 amide bonds. The molecule has 6 aliphatic rings. The molecular formula is C67H48N6. The first kappa shape index (κ1) is 41.6. The lowest BCUT2D eigenvalue weighted by molar-refractivity contribution is 0.709. The Morgan fingerprint density at radius 2 is 0.712 bits per heavy atom. The number of fused-ring (bicyclic) bond motifs is 4. The SMILES string of the molecule is Nc1cc2c(N(c3ccccc3)c3ccccc3)c3nc4c(nc3c(N(c3ccccc3)c3ccccc3)c2cc1/N=C1\CCC2c3ccccc3C1c1ccccc12)C1c2ccccc2C4c2ccccc21. The van der Waals surface area contributed by atoms with Crippen LogP contribution in [-0.2, 0) is 0 Å². The van der Waals surface area contributed by atoms with Gasteiger partial charge in [0.15, 0.2) is 0 Å². The molecule has 0 saturated heterocycles. The van der Waals surface area contributed by atoms with E-state index in [-0.39, 0.29) is 17.8 Å². The summed E-state index contributed by atoms with van der Waals surface area (Å²) < 4.78 is 0. The first-order chi connectivity index (χ1) is 36.2. The van der Waals surface area contributed by atoms with Gasteiger partial charge in [-0.3, -0.25) is 4.99 Å². The van der Waals surface area contributed by atoms with Crippen LogP contribution >= 0.6 is 0 Å². The van der Waals surface area contributed by atoms with Gasteiger partial charge in [-0.25, -0.2) is 9.97 Å². The summed E-state index contributed by atoms with van der Waals surface area (Å²) in [5.74, 6) is 0.146. The van der Waals surface area contributed by atoms with Crippen molar-refractivity contribution < 1.29 is 0 Å². The van der Waals surface area contributed by atoms with E-state index >= 15 is 0 Å². The van der Waals surface area contributed by atoms with Crippen molar-refractivity contribution in [2.24, 2.45) is 4.99 Å². The fourth-order valence-corrected chi connectivity index (χ4v) is 13.0. The number of nitrogens with zero attached hydrogens (tertiary/aromatic N) is 5. The molecule has 0 unspecified atom stereocenters. The van der Waals surface area contributed by atoms with Gasteiger partial charge in [-0.15, -0.1) is 0 Å². The third-order valence-electron chi connectivity index (χ3n) is 16.0. The van der Waals surface area contributed by atoms with E-state index in [1.54, 1.807) is 0 Å². The molecule has 0 atom stereocenters. The zero-order chi connectivity index (χ0) is 48.1. The first-order valence-electron chi connectivity index (χ1n) is 25.5. The van der Waals surface area contributed by atoms with Gasteiger partial charge < -0.3 is 15.5 Å². The van der Waals surface area contributed by atoms with Gasteiger partial charge in [0.25, 0.3) is 0 Å².